The van der Waals surface area contributed by atoms with Crippen LogP contribution in [0.1, 0.15) is 80.3 Å². The number of rotatable bonds is 7. The van der Waals surface area contributed by atoms with Gasteiger partial charge in [-0.05, 0) is 45.1 Å². The van der Waals surface area contributed by atoms with E-state index in [1.165, 1.54) is 19.3 Å². The molecule has 5 atom stereocenters. The maximum absolute atomic E-state index is 12.7. The van der Waals surface area contributed by atoms with Gasteiger partial charge in [0.15, 0.2) is 0 Å². The highest BCUT2D eigenvalue weighted by Crippen LogP contribution is 2.52. The first-order valence-electron chi connectivity index (χ1n) is 11.1. The molecule has 3 aliphatic rings. The molecule has 0 spiro atoms. The van der Waals surface area contributed by atoms with Crippen LogP contribution in [0.5, 0.6) is 0 Å². The second-order valence-corrected chi connectivity index (χ2v) is 8.80. The minimum absolute atomic E-state index is 0.00339. The van der Waals surface area contributed by atoms with Crippen molar-refractivity contribution in [2.75, 3.05) is 0 Å². The molecule has 4 rings (SSSR count). The van der Waals surface area contributed by atoms with Crippen LogP contribution in [0, 0.1) is 11.8 Å². The maximum Gasteiger partial charge on any atom is 0.307 e. The molecule has 3 heterocycles. The number of aromatic nitrogens is 1. The van der Waals surface area contributed by atoms with Crippen LogP contribution in [0.25, 0.3) is 0 Å². The van der Waals surface area contributed by atoms with E-state index in [2.05, 4.69) is 10.3 Å². The molecular formula is C23H32N2O4. The summed E-state index contributed by atoms with van der Waals surface area (Å²) in [6.45, 7) is 1.91. The van der Waals surface area contributed by atoms with Crippen LogP contribution >= 0.6 is 0 Å². The van der Waals surface area contributed by atoms with Gasteiger partial charge in [-0.25, -0.2) is 0 Å². The lowest BCUT2D eigenvalue weighted by Crippen LogP contribution is -2.36. The Kier molecular flexibility index (Phi) is 6.09. The number of hydrogen-bond donors (Lipinski definition) is 3. The zero-order chi connectivity index (χ0) is 20.4. The van der Waals surface area contributed by atoms with E-state index in [1.807, 2.05) is 25.1 Å². The molecule has 29 heavy (non-hydrogen) atoms. The van der Waals surface area contributed by atoms with E-state index in [-0.39, 0.29) is 36.0 Å². The van der Waals surface area contributed by atoms with Crippen molar-refractivity contribution in [3.05, 3.63) is 35.7 Å². The molecule has 3 fully saturated rings. The molecule has 2 saturated heterocycles. The van der Waals surface area contributed by atoms with Crippen molar-refractivity contribution in [3.63, 3.8) is 0 Å². The molecule has 158 valence electrons. The molecule has 1 aromatic rings. The number of carbonyl (C=O) groups is 2. The van der Waals surface area contributed by atoms with Crippen LogP contribution in [0.2, 0.25) is 0 Å². The van der Waals surface area contributed by atoms with E-state index in [0.29, 0.717) is 12.0 Å². The molecule has 3 N–H and O–H groups in total. The number of carboxylic acids is 1. The minimum atomic E-state index is -0.768. The van der Waals surface area contributed by atoms with Gasteiger partial charge < -0.3 is 20.1 Å². The topological polar surface area (TPSA) is 91.4 Å². The van der Waals surface area contributed by atoms with Gasteiger partial charge in [0.1, 0.15) is 0 Å². The largest absolute Gasteiger partial charge is 0.481 e. The highest BCUT2D eigenvalue weighted by molar-refractivity contribution is 5.94. The van der Waals surface area contributed by atoms with Crippen molar-refractivity contribution >= 4 is 11.9 Å². The number of hydrogen-bond acceptors (Lipinski definition) is 3. The smallest absolute Gasteiger partial charge is 0.307 e. The predicted molar refractivity (Wildman–Crippen MR) is 110 cm³/mol. The second-order valence-electron chi connectivity index (χ2n) is 8.80. The Morgan fingerprint density at radius 1 is 1.24 bits per heavy atom. The lowest BCUT2D eigenvalue weighted by Gasteiger charge is -2.31. The molecule has 0 aromatic carbocycles. The maximum atomic E-state index is 12.7. The summed E-state index contributed by atoms with van der Waals surface area (Å²) < 4.78 is 6.15. The van der Waals surface area contributed by atoms with Gasteiger partial charge in [-0.1, -0.05) is 31.4 Å². The fourth-order valence-electron chi connectivity index (χ4n) is 5.59. The number of fused-ring (bicyclic) bond motifs is 2. The summed E-state index contributed by atoms with van der Waals surface area (Å²) >= 11 is 0. The summed E-state index contributed by atoms with van der Waals surface area (Å²) in [7, 11) is 0. The molecule has 1 aromatic heterocycles. The quantitative estimate of drug-likeness (QED) is 0.603. The number of carbonyl (C=O) groups excluding carboxylic acids is 1. The van der Waals surface area contributed by atoms with Crippen LogP contribution in [-0.2, 0) is 9.53 Å². The average Bonchev–Trinajstić information content (AvgIpc) is 3.45. The third-order valence-corrected chi connectivity index (χ3v) is 7.00. The van der Waals surface area contributed by atoms with Gasteiger partial charge >= 0.3 is 5.97 Å². The molecule has 6 nitrogen and oxygen atoms in total. The van der Waals surface area contributed by atoms with Gasteiger partial charge in [0, 0.05) is 29.8 Å². The first-order chi connectivity index (χ1) is 14.1. The molecule has 2 bridgehead atoms. The Bertz CT molecular complexity index is 765. The summed E-state index contributed by atoms with van der Waals surface area (Å²) in [6.07, 6.45) is 13.7. The fraction of sp³-hybridized carbons (Fsp3) is 0.652. The summed E-state index contributed by atoms with van der Waals surface area (Å²) in [6, 6.07) is 2.18. The van der Waals surface area contributed by atoms with Crippen LogP contribution in [-0.4, -0.2) is 40.2 Å². The lowest BCUT2D eigenvalue weighted by molar-refractivity contribution is -0.144. The average molecular weight is 401 g/mol. The Hall–Kier alpha value is -2.08. The van der Waals surface area contributed by atoms with Crippen molar-refractivity contribution < 1.29 is 19.4 Å². The third kappa shape index (κ3) is 4.13. The first kappa shape index (κ1) is 20.2. The Balaban J connectivity index is 1.51. The molecule has 1 aliphatic carbocycles. The van der Waals surface area contributed by atoms with E-state index < -0.39 is 11.9 Å². The lowest BCUT2D eigenvalue weighted by atomic mass is 9.70. The van der Waals surface area contributed by atoms with Crippen LogP contribution in [0.3, 0.4) is 0 Å². The Labute approximate surface area is 172 Å². The van der Waals surface area contributed by atoms with Crippen molar-refractivity contribution in [3.8, 4) is 0 Å². The highest BCUT2D eigenvalue weighted by Gasteiger charge is 2.54. The van der Waals surface area contributed by atoms with Gasteiger partial charge in [0.25, 0.3) is 5.91 Å². The Morgan fingerprint density at radius 2 is 2.00 bits per heavy atom. The summed E-state index contributed by atoms with van der Waals surface area (Å²) in [4.78, 5) is 28.0. The highest BCUT2D eigenvalue weighted by atomic mass is 16.5. The van der Waals surface area contributed by atoms with Crippen LogP contribution in [0.15, 0.2) is 24.4 Å². The molecule has 2 aliphatic heterocycles. The molecule has 0 radical (unpaired) electrons. The number of nitrogens with one attached hydrogen (secondary N) is 2. The third-order valence-electron chi connectivity index (χ3n) is 7.00. The Morgan fingerprint density at radius 3 is 2.72 bits per heavy atom. The van der Waals surface area contributed by atoms with Crippen molar-refractivity contribution in [1.82, 2.24) is 10.3 Å². The molecule has 1 amide bonds. The number of allylic oxidation sites excluding steroid dienone is 2. The van der Waals surface area contributed by atoms with Crippen LogP contribution < -0.4 is 5.32 Å². The summed E-state index contributed by atoms with van der Waals surface area (Å²) in [5.41, 5.74) is 1.56. The van der Waals surface area contributed by atoms with Gasteiger partial charge in [0.2, 0.25) is 0 Å². The van der Waals surface area contributed by atoms with Gasteiger partial charge in [0.05, 0.1) is 23.7 Å². The van der Waals surface area contributed by atoms with Gasteiger partial charge in [-0.2, -0.15) is 0 Å². The predicted octanol–water partition coefficient (Wildman–Crippen LogP) is 4.01. The number of H-pyrrole nitrogens is 1. The summed E-state index contributed by atoms with van der Waals surface area (Å²) in [5.74, 6) is -1.36. The van der Waals surface area contributed by atoms with Gasteiger partial charge in [-0.3, -0.25) is 9.59 Å². The summed E-state index contributed by atoms with van der Waals surface area (Å²) in [5, 5.41) is 13.0. The van der Waals surface area contributed by atoms with Crippen molar-refractivity contribution in [1.29, 1.82) is 0 Å². The van der Waals surface area contributed by atoms with Crippen molar-refractivity contribution in [2.24, 2.45) is 11.8 Å². The monoisotopic (exact) mass is 400 g/mol. The van der Waals surface area contributed by atoms with Crippen molar-refractivity contribution in [2.45, 2.75) is 82.5 Å². The van der Waals surface area contributed by atoms with E-state index in [9.17, 15) is 14.7 Å². The minimum Gasteiger partial charge on any atom is -0.481 e. The van der Waals surface area contributed by atoms with Crippen LogP contribution in [0.4, 0.5) is 0 Å². The normalized spacial score (nSPS) is 30.7. The van der Waals surface area contributed by atoms with E-state index in [1.54, 1.807) is 6.20 Å². The van der Waals surface area contributed by atoms with Gasteiger partial charge in [-0.15, -0.1) is 0 Å². The van der Waals surface area contributed by atoms with E-state index >= 15 is 0 Å². The number of carboxylic acid groups (broad SMARTS) is 1. The first-order valence-corrected chi connectivity index (χ1v) is 11.1. The number of aliphatic carboxylic acids is 1. The number of amides is 1. The van der Waals surface area contributed by atoms with E-state index in [4.69, 9.17) is 4.74 Å². The number of ether oxygens (including phenoxy) is 1. The number of aromatic amines is 1. The zero-order valence-corrected chi connectivity index (χ0v) is 17.1. The molecular weight excluding hydrogens is 368 g/mol. The zero-order valence-electron chi connectivity index (χ0n) is 17.1. The second kappa shape index (κ2) is 8.74. The molecule has 5 unspecified atom stereocenters. The fourth-order valence-corrected chi connectivity index (χ4v) is 5.59. The van der Waals surface area contributed by atoms with E-state index in [0.717, 1.165) is 31.4 Å². The molecule has 1 saturated carbocycles. The standard InChI is InChI=1S/C23H32N2O4/c1-2-3-9-16(23(27)28)20-18-10-11-19(29-18)21(20)17-12-14(13-24-17)22(26)25-15-7-5-4-6-8-15/h2-3,12-13,15-16,18-21,24H,4-11H2,1H3,(H,25,26)(H,27,28). The molecule has 6 heteroatoms. The SMILES string of the molecule is CC=CCC(C(=O)O)C1C2CCC(O2)C1c1cc(C(=O)NC2CCCCC2)c[nH]1.